The van der Waals surface area contributed by atoms with Gasteiger partial charge in [0.05, 0.1) is 13.2 Å². The molecule has 2 unspecified atom stereocenters. The maximum atomic E-state index is 5.41. The molecule has 0 spiro atoms. The predicted octanol–water partition coefficient (Wildman–Crippen LogP) is 0.232. The normalized spacial score (nSPS) is 55.3. The minimum absolute atomic E-state index is 0.822. The molecule has 0 saturated carbocycles. The van der Waals surface area contributed by atoms with Crippen LogP contribution < -0.4 is 0 Å². The van der Waals surface area contributed by atoms with Crippen LogP contribution in [0.5, 0.6) is 0 Å². The van der Waals surface area contributed by atoms with Crippen molar-refractivity contribution in [3.05, 3.63) is 0 Å². The first kappa shape index (κ1) is 4.69. The molecule has 0 aromatic rings. The largest absolute Gasteiger partial charge is 0.378 e. The second-order valence-corrected chi connectivity index (χ2v) is 3.42. The minimum atomic E-state index is 0.822. The molecule has 0 aromatic heterocycles. The van der Waals surface area contributed by atoms with E-state index in [1.807, 2.05) is 0 Å². The van der Waals surface area contributed by atoms with Gasteiger partial charge < -0.3 is 4.74 Å². The Morgan fingerprint density at radius 2 is 1.67 bits per heavy atom. The molecule has 0 amide bonds. The van der Waals surface area contributed by atoms with Crippen LogP contribution in [0, 0.1) is 0 Å². The van der Waals surface area contributed by atoms with Crippen molar-refractivity contribution < 1.29 is 4.74 Å². The van der Waals surface area contributed by atoms with Crippen LogP contribution in [-0.2, 0) is 4.74 Å². The lowest BCUT2D eigenvalue weighted by molar-refractivity contribution is -0.200. The van der Waals surface area contributed by atoms with Crippen LogP contribution in [-0.4, -0.2) is 36.2 Å². The van der Waals surface area contributed by atoms with Gasteiger partial charge in [0.2, 0.25) is 0 Å². The van der Waals surface area contributed by atoms with Crippen molar-refractivity contribution in [2.45, 2.75) is 31.0 Å². The molecule has 2 heteroatoms. The first-order chi connectivity index (χ1) is 4.45. The number of rotatable bonds is 0. The van der Waals surface area contributed by atoms with Crippen molar-refractivity contribution in [2.75, 3.05) is 13.2 Å². The smallest absolute Gasteiger partial charge is 0.0623 e. The molecule has 0 aromatic carbocycles. The molecule has 3 aliphatic heterocycles. The highest BCUT2D eigenvalue weighted by Gasteiger charge is 2.53. The maximum absolute atomic E-state index is 5.41. The van der Waals surface area contributed by atoms with Gasteiger partial charge >= 0.3 is 0 Å². The van der Waals surface area contributed by atoms with Gasteiger partial charge in [0.25, 0.3) is 0 Å². The van der Waals surface area contributed by atoms with E-state index in [0.717, 1.165) is 31.3 Å². The molecule has 3 saturated heterocycles. The van der Waals surface area contributed by atoms with Crippen molar-refractivity contribution in [3.63, 3.8) is 0 Å². The Labute approximate surface area is 54.8 Å². The first-order valence-corrected chi connectivity index (χ1v) is 3.80. The van der Waals surface area contributed by atoms with E-state index in [2.05, 4.69) is 4.90 Å². The molecular weight excluding hydrogens is 114 g/mol. The van der Waals surface area contributed by atoms with Crippen molar-refractivity contribution >= 4 is 0 Å². The first-order valence-electron chi connectivity index (χ1n) is 3.80. The van der Waals surface area contributed by atoms with E-state index >= 15 is 0 Å². The summed E-state index contributed by atoms with van der Waals surface area (Å²) in [5.41, 5.74) is 0. The van der Waals surface area contributed by atoms with E-state index in [9.17, 15) is 0 Å². The summed E-state index contributed by atoms with van der Waals surface area (Å²) in [5.74, 6) is 0. The molecule has 3 fully saturated rings. The zero-order chi connectivity index (χ0) is 5.84. The van der Waals surface area contributed by atoms with Crippen molar-refractivity contribution in [2.24, 2.45) is 0 Å². The highest BCUT2D eigenvalue weighted by Crippen LogP contribution is 2.43. The number of morpholine rings is 1. The molecule has 2 nitrogen and oxygen atoms in total. The number of piperidine rings is 1. The molecule has 0 bridgehead atoms. The molecule has 50 valence electrons. The SMILES string of the molecule is C1OCC2CC3CC1N23. The molecule has 9 heavy (non-hydrogen) atoms. The van der Waals surface area contributed by atoms with E-state index in [1.165, 1.54) is 12.8 Å². The lowest BCUT2D eigenvalue weighted by atomic mass is 9.76. The van der Waals surface area contributed by atoms with E-state index in [1.54, 1.807) is 0 Å². The fraction of sp³-hybridized carbons (Fsp3) is 1.00. The summed E-state index contributed by atoms with van der Waals surface area (Å²) in [6, 6.07) is 2.62. The topological polar surface area (TPSA) is 12.5 Å². The van der Waals surface area contributed by atoms with Gasteiger partial charge in [0.1, 0.15) is 0 Å². The van der Waals surface area contributed by atoms with Crippen molar-refractivity contribution in [1.29, 1.82) is 0 Å². The fourth-order valence-corrected chi connectivity index (χ4v) is 2.48. The maximum Gasteiger partial charge on any atom is 0.0623 e. The Kier molecular flexibility index (Phi) is 0.691. The molecule has 3 rings (SSSR count). The highest BCUT2D eigenvalue weighted by molar-refractivity contribution is 5.08. The van der Waals surface area contributed by atoms with Crippen LogP contribution in [0.1, 0.15) is 12.8 Å². The Balaban J connectivity index is 1.84. The standard InChI is InChI=1S/C7H11NO/c1-5-2-7-4-9-3-6(1)8(5)7/h5-7H,1-4H2. The van der Waals surface area contributed by atoms with Crippen LogP contribution in [0.3, 0.4) is 0 Å². The van der Waals surface area contributed by atoms with Gasteiger partial charge in [0.15, 0.2) is 0 Å². The van der Waals surface area contributed by atoms with Crippen molar-refractivity contribution in [1.82, 2.24) is 4.90 Å². The Morgan fingerprint density at radius 1 is 1.00 bits per heavy atom. The Hall–Kier alpha value is -0.0800. The molecule has 0 radical (unpaired) electrons. The predicted molar refractivity (Wildman–Crippen MR) is 33.3 cm³/mol. The molecule has 3 aliphatic rings. The molecule has 0 N–H and O–H groups in total. The molecule has 3 heterocycles. The van der Waals surface area contributed by atoms with Crippen molar-refractivity contribution in [3.8, 4) is 0 Å². The summed E-state index contributed by atoms with van der Waals surface area (Å²) in [6.45, 7) is 2.01. The van der Waals surface area contributed by atoms with Gasteiger partial charge in [0, 0.05) is 18.1 Å². The zero-order valence-corrected chi connectivity index (χ0v) is 5.42. The third-order valence-electron chi connectivity index (χ3n) is 2.97. The summed E-state index contributed by atoms with van der Waals surface area (Å²) in [5, 5.41) is 0. The third kappa shape index (κ3) is 0.413. The monoisotopic (exact) mass is 125 g/mol. The molecule has 2 atom stereocenters. The van der Waals surface area contributed by atoms with E-state index in [0.29, 0.717) is 0 Å². The number of hydrogen-bond donors (Lipinski definition) is 0. The lowest BCUT2D eigenvalue weighted by Crippen LogP contribution is -2.74. The minimum Gasteiger partial charge on any atom is -0.378 e. The summed E-state index contributed by atoms with van der Waals surface area (Å²) in [6.07, 6.45) is 2.83. The summed E-state index contributed by atoms with van der Waals surface area (Å²) in [7, 11) is 0. The molecular formula is C7H11NO. The fourth-order valence-electron chi connectivity index (χ4n) is 2.48. The quantitative estimate of drug-likeness (QED) is 0.459. The van der Waals surface area contributed by atoms with Gasteiger partial charge in [-0.3, -0.25) is 4.90 Å². The summed E-state index contributed by atoms with van der Waals surface area (Å²) in [4.78, 5) is 2.63. The van der Waals surface area contributed by atoms with E-state index in [-0.39, 0.29) is 0 Å². The zero-order valence-electron chi connectivity index (χ0n) is 5.42. The Morgan fingerprint density at radius 3 is 2.11 bits per heavy atom. The van der Waals surface area contributed by atoms with Gasteiger partial charge in [-0.25, -0.2) is 0 Å². The van der Waals surface area contributed by atoms with E-state index < -0.39 is 0 Å². The number of ether oxygens (including phenoxy) is 1. The van der Waals surface area contributed by atoms with Crippen LogP contribution in [0.15, 0.2) is 0 Å². The second-order valence-electron chi connectivity index (χ2n) is 3.42. The van der Waals surface area contributed by atoms with E-state index in [4.69, 9.17) is 4.74 Å². The van der Waals surface area contributed by atoms with Crippen LogP contribution in [0.25, 0.3) is 0 Å². The number of hydrogen-bond acceptors (Lipinski definition) is 2. The molecule has 0 aliphatic carbocycles. The summed E-state index contributed by atoms with van der Waals surface area (Å²) < 4.78 is 5.41. The average molecular weight is 125 g/mol. The third-order valence-corrected chi connectivity index (χ3v) is 2.97. The average Bonchev–Trinajstić information content (AvgIpc) is 1.73. The highest BCUT2D eigenvalue weighted by atomic mass is 16.5. The number of nitrogens with zero attached hydrogens (tertiary/aromatic N) is 1. The van der Waals surface area contributed by atoms with Gasteiger partial charge in [-0.2, -0.15) is 0 Å². The van der Waals surface area contributed by atoms with Gasteiger partial charge in [-0.15, -0.1) is 0 Å². The van der Waals surface area contributed by atoms with Gasteiger partial charge in [-0.1, -0.05) is 0 Å². The lowest BCUT2D eigenvalue weighted by Gasteiger charge is -2.64. The summed E-state index contributed by atoms with van der Waals surface area (Å²) >= 11 is 0. The van der Waals surface area contributed by atoms with Gasteiger partial charge in [-0.05, 0) is 12.8 Å². The Bertz CT molecular complexity index is 130. The van der Waals surface area contributed by atoms with Crippen LogP contribution in [0.4, 0.5) is 0 Å². The van der Waals surface area contributed by atoms with Crippen LogP contribution >= 0.6 is 0 Å². The van der Waals surface area contributed by atoms with Crippen LogP contribution in [0.2, 0.25) is 0 Å². The second kappa shape index (κ2) is 1.32.